The number of hydrogen-bond acceptors (Lipinski definition) is 4. The number of aromatic carboxylic acids is 2. The van der Waals surface area contributed by atoms with Crippen molar-refractivity contribution in [2.45, 2.75) is 20.8 Å². The van der Waals surface area contributed by atoms with E-state index in [1.54, 1.807) is 6.92 Å². The van der Waals surface area contributed by atoms with Crippen molar-refractivity contribution in [1.82, 2.24) is 0 Å². The second-order valence-corrected chi connectivity index (χ2v) is 4.39. The number of anilines is 1. The number of hydrogen-bond donors (Lipinski definition) is 3. The predicted molar refractivity (Wildman–Crippen MR) is 75.0 cm³/mol. The summed E-state index contributed by atoms with van der Waals surface area (Å²) in [5.74, 6) is -2.97. The van der Waals surface area contributed by atoms with Crippen LogP contribution in [0.15, 0.2) is 6.07 Å². The van der Waals surface area contributed by atoms with Crippen LogP contribution in [-0.2, 0) is 9.53 Å². The molecular formula is C14H17NO6. The van der Waals surface area contributed by atoms with Gasteiger partial charge in [-0.2, -0.15) is 0 Å². The maximum atomic E-state index is 11.6. The normalized spacial score (nSPS) is 10.2. The molecule has 0 atom stereocenters. The molecule has 21 heavy (non-hydrogen) atoms. The van der Waals surface area contributed by atoms with E-state index in [2.05, 4.69) is 5.32 Å². The zero-order valence-corrected chi connectivity index (χ0v) is 12.0. The molecule has 0 aromatic heterocycles. The molecular weight excluding hydrogens is 278 g/mol. The minimum Gasteiger partial charge on any atom is -0.478 e. The van der Waals surface area contributed by atoms with Crippen LogP contribution in [0.4, 0.5) is 5.69 Å². The third kappa shape index (κ3) is 3.79. The number of nitrogens with one attached hydrogen (secondary N) is 1. The van der Waals surface area contributed by atoms with E-state index in [1.807, 2.05) is 0 Å². The Morgan fingerprint density at radius 1 is 1.14 bits per heavy atom. The first kappa shape index (κ1) is 16.6. The van der Waals surface area contributed by atoms with Crippen molar-refractivity contribution in [3.05, 3.63) is 28.3 Å². The SMILES string of the molecule is CCOCC(=O)Nc1cc(C(=O)O)c(C)c(C(=O)O)c1C. The lowest BCUT2D eigenvalue weighted by molar-refractivity contribution is -0.120. The molecule has 1 amide bonds. The van der Waals surface area contributed by atoms with E-state index in [4.69, 9.17) is 9.84 Å². The number of amides is 1. The molecule has 0 aliphatic rings. The van der Waals surface area contributed by atoms with Gasteiger partial charge in [0.05, 0.1) is 11.1 Å². The van der Waals surface area contributed by atoms with Crippen LogP contribution in [0.1, 0.15) is 38.8 Å². The molecule has 1 aromatic rings. The molecule has 0 aliphatic heterocycles. The summed E-state index contributed by atoms with van der Waals surface area (Å²) < 4.78 is 4.94. The number of benzene rings is 1. The summed E-state index contributed by atoms with van der Waals surface area (Å²) in [6, 6.07) is 1.25. The average Bonchev–Trinajstić information content (AvgIpc) is 2.38. The van der Waals surface area contributed by atoms with Gasteiger partial charge in [-0.1, -0.05) is 0 Å². The maximum absolute atomic E-state index is 11.6. The molecule has 3 N–H and O–H groups in total. The maximum Gasteiger partial charge on any atom is 0.336 e. The summed E-state index contributed by atoms with van der Waals surface area (Å²) in [6.07, 6.45) is 0. The molecule has 0 aliphatic carbocycles. The summed E-state index contributed by atoms with van der Waals surface area (Å²) in [7, 11) is 0. The largest absolute Gasteiger partial charge is 0.478 e. The van der Waals surface area contributed by atoms with E-state index in [9.17, 15) is 19.5 Å². The van der Waals surface area contributed by atoms with Crippen molar-refractivity contribution in [3.63, 3.8) is 0 Å². The van der Waals surface area contributed by atoms with E-state index < -0.39 is 17.8 Å². The van der Waals surface area contributed by atoms with Crippen LogP contribution in [0, 0.1) is 13.8 Å². The molecule has 0 spiro atoms. The van der Waals surface area contributed by atoms with Crippen molar-refractivity contribution in [2.75, 3.05) is 18.5 Å². The highest BCUT2D eigenvalue weighted by atomic mass is 16.5. The summed E-state index contributed by atoms with van der Waals surface area (Å²) >= 11 is 0. The van der Waals surface area contributed by atoms with Crippen molar-refractivity contribution in [1.29, 1.82) is 0 Å². The fraction of sp³-hybridized carbons (Fsp3) is 0.357. The molecule has 0 saturated heterocycles. The number of carboxylic acid groups (broad SMARTS) is 2. The van der Waals surface area contributed by atoms with Crippen molar-refractivity contribution < 1.29 is 29.3 Å². The van der Waals surface area contributed by atoms with Crippen LogP contribution in [0.2, 0.25) is 0 Å². The molecule has 114 valence electrons. The molecule has 0 heterocycles. The molecule has 0 saturated carbocycles. The van der Waals surface area contributed by atoms with Gasteiger partial charge in [0.2, 0.25) is 5.91 Å². The van der Waals surface area contributed by atoms with Crippen LogP contribution in [0.3, 0.4) is 0 Å². The summed E-state index contributed by atoms with van der Waals surface area (Å²) in [5, 5.41) is 20.8. The van der Waals surface area contributed by atoms with E-state index in [0.29, 0.717) is 12.2 Å². The van der Waals surface area contributed by atoms with Crippen molar-refractivity contribution in [2.24, 2.45) is 0 Å². The Bertz CT molecular complexity index is 594. The summed E-state index contributed by atoms with van der Waals surface area (Å²) in [5.41, 5.74) is 0.316. The Labute approximate surface area is 121 Å². The lowest BCUT2D eigenvalue weighted by atomic mass is 9.95. The van der Waals surface area contributed by atoms with Gasteiger partial charge in [0, 0.05) is 12.3 Å². The third-order valence-electron chi connectivity index (χ3n) is 3.00. The van der Waals surface area contributed by atoms with Crippen molar-refractivity contribution >= 4 is 23.5 Å². The number of ether oxygens (including phenoxy) is 1. The van der Waals surface area contributed by atoms with Gasteiger partial charge >= 0.3 is 11.9 Å². The molecule has 0 bridgehead atoms. The first-order chi connectivity index (χ1) is 9.79. The highest BCUT2D eigenvalue weighted by Gasteiger charge is 2.21. The second-order valence-electron chi connectivity index (χ2n) is 4.39. The van der Waals surface area contributed by atoms with E-state index in [1.165, 1.54) is 19.9 Å². The topological polar surface area (TPSA) is 113 Å². The van der Waals surface area contributed by atoms with Gasteiger partial charge in [0.15, 0.2) is 0 Å². The van der Waals surface area contributed by atoms with E-state index in [0.717, 1.165) is 0 Å². The van der Waals surface area contributed by atoms with Gasteiger partial charge < -0.3 is 20.3 Å². The molecule has 1 aromatic carbocycles. The Kier molecular flexibility index (Phi) is 5.43. The molecule has 0 radical (unpaired) electrons. The number of carbonyl (C=O) groups excluding carboxylic acids is 1. The molecule has 0 fully saturated rings. The quantitative estimate of drug-likeness (QED) is 0.735. The van der Waals surface area contributed by atoms with Gasteiger partial charge in [0.1, 0.15) is 6.61 Å². The number of carboxylic acids is 2. The lowest BCUT2D eigenvalue weighted by Crippen LogP contribution is -2.20. The third-order valence-corrected chi connectivity index (χ3v) is 3.00. The van der Waals surface area contributed by atoms with Crippen molar-refractivity contribution in [3.8, 4) is 0 Å². The molecule has 0 unspecified atom stereocenters. The Hall–Kier alpha value is -2.41. The van der Waals surface area contributed by atoms with Crippen LogP contribution in [0.25, 0.3) is 0 Å². The van der Waals surface area contributed by atoms with Gasteiger partial charge in [0.25, 0.3) is 0 Å². The van der Waals surface area contributed by atoms with Gasteiger partial charge in [-0.25, -0.2) is 9.59 Å². The Morgan fingerprint density at radius 2 is 1.76 bits per heavy atom. The summed E-state index contributed by atoms with van der Waals surface area (Å²) in [6.45, 7) is 4.84. The highest BCUT2D eigenvalue weighted by molar-refractivity contribution is 6.02. The first-order valence-corrected chi connectivity index (χ1v) is 6.27. The molecule has 1 rings (SSSR count). The van der Waals surface area contributed by atoms with Gasteiger partial charge in [-0.3, -0.25) is 4.79 Å². The Balaban J connectivity index is 3.29. The summed E-state index contributed by atoms with van der Waals surface area (Å²) in [4.78, 5) is 34.1. The zero-order chi connectivity index (χ0) is 16.2. The molecule has 7 heteroatoms. The van der Waals surface area contributed by atoms with E-state index in [-0.39, 0.29) is 29.0 Å². The second kappa shape index (κ2) is 6.85. The monoisotopic (exact) mass is 295 g/mol. The zero-order valence-electron chi connectivity index (χ0n) is 12.0. The number of rotatable bonds is 6. The average molecular weight is 295 g/mol. The van der Waals surface area contributed by atoms with Crippen LogP contribution < -0.4 is 5.32 Å². The van der Waals surface area contributed by atoms with Gasteiger partial charge in [-0.05, 0) is 38.0 Å². The minimum atomic E-state index is -1.25. The predicted octanol–water partition coefficient (Wildman–Crippen LogP) is 1.67. The van der Waals surface area contributed by atoms with Crippen LogP contribution >= 0.6 is 0 Å². The van der Waals surface area contributed by atoms with Gasteiger partial charge in [-0.15, -0.1) is 0 Å². The van der Waals surface area contributed by atoms with E-state index >= 15 is 0 Å². The van der Waals surface area contributed by atoms with Crippen LogP contribution in [0.5, 0.6) is 0 Å². The lowest BCUT2D eigenvalue weighted by Gasteiger charge is -2.15. The minimum absolute atomic E-state index is 0.124. The number of carbonyl (C=O) groups is 3. The molecule has 7 nitrogen and oxygen atoms in total. The standard InChI is InChI=1S/C14H17NO6/c1-4-21-6-11(16)15-10-5-9(13(17)18)7(2)12(8(10)3)14(19)20/h5H,4,6H2,1-3H3,(H,15,16)(H,17,18)(H,19,20). The first-order valence-electron chi connectivity index (χ1n) is 6.27. The fourth-order valence-electron chi connectivity index (χ4n) is 1.97. The fourth-order valence-corrected chi connectivity index (χ4v) is 1.97. The highest BCUT2D eigenvalue weighted by Crippen LogP contribution is 2.26. The Morgan fingerprint density at radius 3 is 2.24 bits per heavy atom. The van der Waals surface area contributed by atoms with Crippen LogP contribution in [-0.4, -0.2) is 41.3 Å². The smallest absolute Gasteiger partial charge is 0.336 e.